The van der Waals surface area contributed by atoms with Crippen LogP contribution in [0.5, 0.6) is 0 Å². The summed E-state index contributed by atoms with van der Waals surface area (Å²) in [5.74, 6) is -0.493. The number of alkyl halides is 3. The predicted octanol–water partition coefficient (Wildman–Crippen LogP) is 1.13. The molecule has 1 N–H and O–H groups in total. The van der Waals surface area contributed by atoms with Crippen LogP contribution in [0, 0.1) is 6.92 Å². The van der Waals surface area contributed by atoms with Gasteiger partial charge in [-0.2, -0.15) is 13.2 Å². The molecule has 1 aromatic heterocycles. The Labute approximate surface area is 122 Å². The molecule has 5 nitrogen and oxygen atoms in total. The Kier molecular flexibility index (Phi) is 4.16. The van der Waals surface area contributed by atoms with Crippen LogP contribution in [0.2, 0.25) is 0 Å². The van der Waals surface area contributed by atoms with E-state index in [1.807, 2.05) is 0 Å². The Morgan fingerprint density at radius 1 is 1.52 bits per heavy atom. The molecular weight excluding hydrogens is 309 g/mol. The number of halogens is 3. The van der Waals surface area contributed by atoms with E-state index in [0.29, 0.717) is 5.69 Å². The summed E-state index contributed by atoms with van der Waals surface area (Å²) in [5.41, 5.74) is -2.11. The average molecular weight is 324 g/mol. The molecule has 0 radical (unpaired) electrons. The van der Waals surface area contributed by atoms with Crippen LogP contribution < -0.4 is 4.87 Å². The number of likely N-dealkylation sites (tertiary alicyclic amines) is 1. The first kappa shape index (κ1) is 16.0. The molecular formula is C12H15F3N2O3S. The van der Waals surface area contributed by atoms with Crippen LogP contribution in [0.15, 0.2) is 10.2 Å². The van der Waals surface area contributed by atoms with Crippen LogP contribution in [0.3, 0.4) is 0 Å². The maximum Gasteiger partial charge on any atom is 0.419 e. The van der Waals surface area contributed by atoms with Gasteiger partial charge in [-0.25, -0.2) is 0 Å². The molecule has 1 aromatic rings. The fraction of sp³-hybridized carbons (Fsp3) is 0.667. The number of carbonyl (C=O) groups is 1. The lowest BCUT2D eigenvalue weighted by molar-refractivity contribution is -0.253. The van der Waals surface area contributed by atoms with Crippen LogP contribution in [0.25, 0.3) is 0 Å². The molecule has 1 amide bonds. The Balaban J connectivity index is 1.96. The number of aliphatic hydroxyl groups is 1. The van der Waals surface area contributed by atoms with Crippen LogP contribution in [-0.4, -0.2) is 45.3 Å². The van der Waals surface area contributed by atoms with E-state index in [-0.39, 0.29) is 24.4 Å². The van der Waals surface area contributed by atoms with Crippen molar-refractivity contribution in [2.75, 3.05) is 13.1 Å². The van der Waals surface area contributed by atoms with Gasteiger partial charge in [0.15, 0.2) is 5.60 Å². The van der Waals surface area contributed by atoms with Gasteiger partial charge in [0.05, 0.1) is 6.54 Å². The highest BCUT2D eigenvalue weighted by Crippen LogP contribution is 2.37. The smallest absolute Gasteiger partial charge is 0.379 e. The molecule has 1 saturated heterocycles. The molecule has 0 bridgehead atoms. The molecule has 1 fully saturated rings. The summed E-state index contributed by atoms with van der Waals surface area (Å²) in [7, 11) is 0. The number of aromatic nitrogens is 1. The predicted molar refractivity (Wildman–Crippen MR) is 70.1 cm³/mol. The van der Waals surface area contributed by atoms with Crippen molar-refractivity contribution in [1.29, 1.82) is 0 Å². The maximum atomic E-state index is 12.7. The van der Waals surface area contributed by atoms with E-state index in [9.17, 15) is 27.9 Å². The van der Waals surface area contributed by atoms with Crippen molar-refractivity contribution in [3.05, 3.63) is 20.7 Å². The van der Waals surface area contributed by atoms with Crippen molar-refractivity contribution in [3.8, 4) is 0 Å². The lowest BCUT2D eigenvalue weighted by Gasteiger charge is -2.25. The third-order valence-corrected chi connectivity index (χ3v) is 4.53. The molecule has 0 aliphatic carbocycles. The molecule has 0 aromatic carbocycles. The van der Waals surface area contributed by atoms with Crippen molar-refractivity contribution < 1.29 is 23.1 Å². The van der Waals surface area contributed by atoms with E-state index in [4.69, 9.17) is 0 Å². The third kappa shape index (κ3) is 3.13. The summed E-state index contributed by atoms with van der Waals surface area (Å²) in [6.45, 7) is 0.980. The summed E-state index contributed by atoms with van der Waals surface area (Å²) in [5, 5.41) is 11.2. The second kappa shape index (κ2) is 5.45. The minimum atomic E-state index is -4.75. The van der Waals surface area contributed by atoms with Crippen LogP contribution in [0.4, 0.5) is 13.2 Å². The van der Waals surface area contributed by atoms with E-state index in [0.717, 1.165) is 16.2 Å². The maximum absolute atomic E-state index is 12.7. The highest BCUT2D eigenvalue weighted by Gasteiger charge is 2.57. The summed E-state index contributed by atoms with van der Waals surface area (Å²) < 4.78 is 39.4. The number of thiazole rings is 1. The molecule has 0 saturated carbocycles. The molecule has 2 rings (SSSR count). The Morgan fingerprint density at radius 2 is 2.19 bits per heavy atom. The second-order valence-corrected chi connectivity index (χ2v) is 5.96. The number of aryl methyl sites for hydroxylation is 1. The lowest BCUT2D eigenvalue weighted by atomic mass is 10.0. The second-order valence-electron chi connectivity index (χ2n) is 5.14. The van der Waals surface area contributed by atoms with E-state index in [1.165, 1.54) is 4.57 Å². The number of rotatable bonds is 3. The van der Waals surface area contributed by atoms with E-state index >= 15 is 0 Å². The topological polar surface area (TPSA) is 62.5 Å². The first-order valence-corrected chi connectivity index (χ1v) is 7.24. The van der Waals surface area contributed by atoms with Crippen molar-refractivity contribution in [2.45, 2.75) is 38.1 Å². The summed E-state index contributed by atoms with van der Waals surface area (Å²) >= 11 is 1.01. The molecule has 1 aliphatic rings. The van der Waals surface area contributed by atoms with Gasteiger partial charge in [0.2, 0.25) is 5.91 Å². The zero-order valence-corrected chi connectivity index (χ0v) is 12.1. The van der Waals surface area contributed by atoms with Crippen LogP contribution in [0.1, 0.15) is 18.5 Å². The van der Waals surface area contributed by atoms with Crippen molar-refractivity contribution in [1.82, 2.24) is 9.47 Å². The van der Waals surface area contributed by atoms with Crippen molar-refractivity contribution in [2.24, 2.45) is 0 Å². The first-order valence-electron chi connectivity index (χ1n) is 6.36. The van der Waals surface area contributed by atoms with Crippen LogP contribution in [-0.2, 0) is 11.3 Å². The monoisotopic (exact) mass is 324 g/mol. The molecule has 0 spiro atoms. The summed E-state index contributed by atoms with van der Waals surface area (Å²) in [6, 6.07) is 0. The van der Waals surface area contributed by atoms with Crippen LogP contribution >= 0.6 is 11.3 Å². The molecule has 118 valence electrons. The number of amides is 1. The van der Waals surface area contributed by atoms with Gasteiger partial charge < -0.3 is 14.6 Å². The van der Waals surface area contributed by atoms with Gasteiger partial charge in [-0.1, -0.05) is 11.3 Å². The lowest BCUT2D eigenvalue weighted by Crippen LogP contribution is -2.48. The van der Waals surface area contributed by atoms with Gasteiger partial charge in [0, 0.05) is 37.0 Å². The number of carbonyl (C=O) groups excluding carboxylic acids is 1. The van der Waals surface area contributed by atoms with Crippen molar-refractivity contribution in [3.63, 3.8) is 0 Å². The Hall–Kier alpha value is -1.35. The van der Waals surface area contributed by atoms with Gasteiger partial charge in [0.1, 0.15) is 0 Å². The Morgan fingerprint density at radius 3 is 2.67 bits per heavy atom. The first-order chi connectivity index (χ1) is 9.64. The molecule has 1 atom stereocenters. The van der Waals surface area contributed by atoms with Gasteiger partial charge >= 0.3 is 11.0 Å². The Bertz CT molecular complexity index is 595. The van der Waals surface area contributed by atoms with E-state index in [2.05, 4.69) is 0 Å². The zero-order valence-electron chi connectivity index (χ0n) is 11.3. The largest absolute Gasteiger partial charge is 0.419 e. The molecule has 9 heteroatoms. The van der Waals surface area contributed by atoms with Crippen molar-refractivity contribution >= 4 is 17.2 Å². The standard InChI is InChI=1S/C12H15F3N2O3S/c1-8-6-21-10(19)17(8)4-2-9(18)16-5-3-11(20,7-16)12(13,14)15/h6,20H,2-5,7H2,1H3/t11-/m0/s1. The highest BCUT2D eigenvalue weighted by molar-refractivity contribution is 7.07. The quantitative estimate of drug-likeness (QED) is 0.907. The van der Waals surface area contributed by atoms with E-state index in [1.54, 1.807) is 12.3 Å². The number of nitrogens with zero attached hydrogens (tertiary/aromatic N) is 2. The number of hydrogen-bond donors (Lipinski definition) is 1. The van der Waals surface area contributed by atoms with Gasteiger partial charge in [-0.3, -0.25) is 9.59 Å². The molecule has 21 heavy (non-hydrogen) atoms. The molecule has 1 aliphatic heterocycles. The zero-order chi connectivity index (χ0) is 15.8. The number of hydrogen-bond acceptors (Lipinski definition) is 4. The minimum absolute atomic E-state index is 0.0641. The minimum Gasteiger partial charge on any atom is -0.379 e. The van der Waals surface area contributed by atoms with E-state index < -0.39 is 30.7 Å². The van der Waals surface area contributed by atoms with Gasteiger partial charge in [-0.05, 0) is 6.92 Å². The normalized spacial score (nSPS) is 22.8. The van der Waals surface area contributed by atoms with Gasteiger partial charge in [-0.15, -0.1) is 0 Å². The SMILES string of the molecule is Cc1csc(=O)n1CCC(=O)N1CC[C@@](O)(C(F)(F)F)C1. The molecule has 0 unspecified atom stereocenters. The van der Waals surface area contributed by atoms with Gasteiger partial charge in [0.25, 0.3) is 0 Å². The summed E-state index contributed by atoms with van der Waals surface area (Å²) in [4.78, 5) is 24.2. The summed E-state index contributed by atoms with van der Waals surface area (Å²) in [6.07, 6.45) is -5.33. The fourth-order valence-electron chi connectivity index (χ4n) is 2.28. The number of β-amino-alcohol motifs (C(OH)–C–C–N with tert-alkyl or cyclic N) is 1. The average Bonchev–Trinajstić information content (AvgIpc) is 2.92. The fourth-order valence-corrected chi connectivity index (χ4v) is 3.04. The highest BCUT2D eigenvalue weighted by atomic mass is 32.1. The molecule has 2 heterocycles. The third-order valence-electron chi connectivity index (χ3n) is 3.65.